The maximum Gasteiger partial charge on any atom is 0.472 e. The molecule has 0 saturated carbocycles. The van der Waals surface area contributed by atoms with Crippen LogP contribution in [-0.4, -0.2) is 96.7 Å². The van der Waals surface area contributed by atoms with Crippen LogP contribution < -0.4 is 0 Å². The Bertz CT molecular complexity index is 2460. The molecule has 5 atom stereocenters. The number of phosphoric acid groups is 2. The van der Waals surface area contributed by atoms with Crippen molar-refractivity contribution in [1.29, 1.82) is 0 Å². The number of hydrogen-bond donors (Lipinski definition) is 3. The summed E-state index contributed by atoms with van der Waals surface area (Å²) in [5.74, 6) is -2.31. The Morgan fingerprint density at radius 3 is 0.873 bits per heavy atom. The van der Waals surface area contributed by atoms with Crippen LogP contribution in [0, 0.1) is 0 Å². The number of aliphatic hydroxyl groups is 1. The van der Waals surface area contributed by atoms with Gasteiger partial charge >= 0.3 is 39.5 Å². The van der Waals surface area contributed by atoms with E-state index in [4.69, 9.17) is 37.0 Å². The van der Waals surface area contributed by atoms with Crippen LogP contribution in [0.25, 0.3) is 0 Å². The van der Waals surface area contributed by atoms with E-state index in [1.54, 1.807) is 0 Å². The van der Waals surface area contributed by atoms with Crippen LogP contribution in [0.5, 0.6) is 0 Å². The van der Waals surface area contributed by atoms with Crippen LogP contribution in [0.4, 0.5) is 0 Å². The third kappa shape index (κ3) is 73.5. The van der Waals surface area contributed by atoms with Crippen molar-refractivity contribution in [3.05, 3.63) is 134 Å². The second-order valence-corrected chi connectivity index (χ2v) is 28.8. The lowest BCUT2D eigenvalue weighted by atomic mass is 10.1. The van der Waals surface area contributed by atoms with Crippen molar-refractivity contribution in [1.82, 2.24) is 0 Å². The number of esters is 4. The largest absolute Gasteiger partial charge is 0.472 e. The van der Waals surface area contributed by atoms with Crippen LogP contribution in [0.15, 0.2) is 134 Å². The fraction of sp³-hybridized carbons (Fsp3) is 0.687. The maximum atomic E-state index is 13.1. The van der Waals surface area contributed by atoms with Crippen molar-refractivity contribution in [2.75, 3.05) is 39.6 Å². The van der Waals surface area contributed by atoms with E-state index in [-0.39, 0.29) is 25.7 Å². The highest BCUT2D eigenvalue weighted by Crippen LogP contribution is 2.45. The summed E-state index contributed by atoms with van der Waals surface area (Å²) in [6.45, 7) is 4.57. The molecule has 0 radical (unpaired) electrons. The smallest absolute Gasteiger partial charge is 0.462 e. The second kappa shape index (κ2) is 74.5. The Balaban J connectivity index is 5.44. The van der Waals surface area contributed by atoms with Crippen LogP contribution in [-0.2, 0) is 65.4 Å². The Morgan fingerprint density at radius 1 is 0.284 bits per heavy atom. The molecule has 0 amide bonds. The van der Waals surface area contributed by atoms with Crippen molar-refractivity contribution >= 4 is 39.5 Å². The normalized spacial score (nSPS) is 14.6. The number of carbonyl (C=O) groups is 4. The van der Waals surface area contributed by atoms with Gasteiger partial charge in [-0.3, -0.25) is 37.3 Å². The summed E-state index contributed by atoms with van der Waals surface area (Å²) in [7, 11) is -9.99. The number of rotatable bonds is 73. The number of ether oxygens (including phenoxy) is 4. The van der Waals surface area contributed by atoms with E-state index in [9.17, 15) is 43.2 Å². The van der Waals surface area contributed by atoms with Crippen LogP contribution in [0.2, 0.25) is 0 Å². The Kier molecular flexibility index (Phi) is 71.0. The first-order valence-corrected chi connectivity index (χ1v) is 42.4. The monoisotopic (exact) mass is 1470 g/mol. The van der Waals surface area contributed by atoms with E-state index < -0.39 is 97.5 Å². The average molecular weight is 1470 g/mol. The van der Waals surface area contributed by atoms with E-state index in [0.29, 0.717) is 32.1 Å². The van der Waals surface area contributed by atoms with Gasteiger partial charge < -0.3 is 33.8 Å². The maximum absolute atomic E-state index is 13.1. The fourth-order valence-electron chi connectivity index (χ4n) is 10.1. The minimum atomic E-state index is -5.00. The first-order chi connectivity index (χ1) is 49.7. The molecule has 0 aliphatic carbocycles. The van der Waals surface area contributed by atoms with Gasteiger partial charge in [0.15, 0.2) is 12.2 Å². The van der Waals surface area contributed by atoms with E-state index >= 15 is 0 Å². The van der Waals surface area contributed by atoms with Crippen molar-refractivity contribution < 1.29 is 80.2 Å². The molecule has 0 spiro atoms. The molecule has 0 rings (SSSR count). The minimum absolute atomic E-state index is 0.0299. The third-order valence-corrected chi connectivity index (χ3v) is 18.0. The van der Waals surface area contributed by atoms with Crippen molar-refractivity contribution in [2.45, 2.75) is 329 Å². The molecular weight excluding hydrogens is 1330 g/mol. The van der Waals surface area contributed by atoms with Gasteiger partial charge in [-0.2, -0.15) is 0 Å². The highest BCUT2D eigenvalue weighted by molar-refractivity contribution is 7.47. The molecule has 2 unspecified atom stereocenters. The van der Waals surface area contributed by atoms with Gasteiger partial charge in [0, 0.05) is 25.7 Å². The molecule has 0 aromatic heterocycles. The quantitative estimate of drug-likeness (QED) is 0.0169. The van der Waals surface area contributed by atoms with Crippen molar-refractivity contribution in [3.63, 3.8) is 0 Å². The van der Waals surface area contributed by atoms with E-state index in [1.165, 1.54) is 64.2 Å². The van der Waals surface area contributed by atoms with Crippen molar-refractivity contribution in [2.24, 2.45) is 0 Å². The predicted octanol–water partition coefficient (Wildman–Crippen LogP) is 22.9. The topological polar surface area (TPSA) is 237 Å². The summed E-state index contributed by atoms with van der Waals surface area (Å²) in [4.78, 5) is 72.9. The summed E-state index contributed by atoms with van der Waals surface area (Å²) in [5.41, 5.74) is 0. The minimum Gasteiger partial charge on any atom is -0.462 e. The fourth-order valence-corrected chi connectivity index (χ4v) is 11.6. The molecule has 0 bridgehead atoms. The number of hydrogen-bond acceptors (Lipinski definition) is 15. The molecule has 17 nitrogen and oxygen atoms in total. The van der Waals surface area contributed by atoms with Crippen LogP contribution in [0.1, 0.15) is 310 Å². The van der Waals surface area contributed by atoms with Gasteiger partial charge in [-0.25, -0.2) is 9.13 Å². The SMILES string of the molecule is CC/C=C\C/C=C\C/C=C\C/C=C\C/C=C\C/C=C\CCC(=O)OC[C@H](COP(=O)(O)OC[C@@H](O)COP(=O)(O)OC[C@@H](COC(=O)CCCCCCC/C=C\C/C=C\CCCCC)OC(=O)CCCCCCC/C=C\CCCCCC)OC(=O)CCCCCCC/C=C\C/C=C\CCCCC. The lowest BCUT2D eigenvalue weighted by molar-refractivity contribution is -0.161. The van der Waals surface area contributed by atoms with Gasteiger partial charge in [0.1, 0.15) is 19.3 Å². The number of unbranched alkanes of at least 4 members (excludes halogenated alkanes) is 25. The highest BCUT2D eigenvalue weighted by atomic mass is 31.2. The molecular formula is C83H140O17P2. The molecule has 0 aromatic carbocycles. The lowest BCUT2D eigenvalue weighted by Gasteiger charge is -2.21. The lowest BCUT2D eigenvalue weighted by Crippen LogP contribution is -2.30. The molecule has 102 heavy (non-hydrogen) atoms. The van der Waals surface area contributed by atoms with E-state index in [1.807, 2.05) is 18.2 Å². The summed E-state index contributed by atoms with van der Waals surface area (Å²) in [5, 5.41) is 10.6. The zero-order valence-electron chi connectivity index (χ0n) is 63.7. The van der Waals surface area contributed by atoms with Gasteiger partial charge in [0.2, 0.25) is 0 Å². The molecule has 0 heterocycles. The molecule has 0 aliphatic rings. The number of aliphatic hydroxyl groups excluding tert-OH is 1. The standard InChI is InChI=1S/C83H140O17P2/c1-5-9-13-17-21-25-29-33-36-37-38-39-42-45-48-52-56-60-64-68-81(86)94-74-79(100-83(88)70-66-62-58-54-50-46-41-35-31-27-23-19-15-11-7-3)76-98-102(91,92)96-72-77(84)71-95-101(89,90)97-75-78(99-82(87)69-65-61-57-53-49-43-32-28-24-20-16-12-8-4)73-93-80(85)67-63-59-55-51-47-44-40-34-30-26-22-18-14-10-6-2/h9,13,21-23,25-28,32-36,38-41,45,48,56,60,77-79,84H,5-8,10-12,14-20,24,29-31,37,42-44,46-47,49-55,57-59,61-76H2,1-4H3,(H,89,90)(H,91,92)/b13-9-,25-21-,26-22-,27-23-,32-28-,36-33-,39-38-,40-34-,41-35-,48-45-,60-56-/t77-,78+,79+/m0/s1. The Labute approximate surface area is 618 Å². The average Bonchev–Trinajstić information content (AvgIpc) is 0.924. The van der Waals surface area contributed by atoms with Gasteiger partial charge in [-0.15, -0.1) is 0 Å². The summed E-state index contributed by atoms with van der Waals surface area (Å²) >= 11 is 0. The Morgan fingerprint density at radius 2 is 0.529 bits per heavy atom. The van der Waals surface area contributed by atoms with Crippen LogP contribution >= 0.6 is 15.6 Å². The molecule has 0 aliphatic heterocycles. The number of allylic oxidation sites excluding steroid dienone is 22. The van der Waals surface area contributed by atoms with E-state index in [2.05, 4.69) is 143 Å². The first-order valence-electron chi connectivity index (χ1n) is 39.4. The Hall–Kier alpha value is -4.80. The number of phosphoric ester groups is 2. The molecule has 0 aromatic rings. The summed E-state index contributed by atoms with van der Waals surface area (Å²) < 4.78 is 68.4. The highest BCUT2D eigenvalue weighted by Gasteiger charge is 2.30. The van der Waals surface area contributed by atoms with Crippen molar-refractivity contribution in [3.8, 4) is 0 Å². The molecule has 0 saturated heterocycles. The zero-order valence-corrected chi connectivity index (χ0v) is 65.5. The number of carbonyl (C=O) groups excluding carboxylic acids is 4. The van der Waals surface area contributed by atoms with Gasteiger partial charge in [0.25, 0.3) is 0 Å². The second-order valence-electron chi connectivity index (χ2n) is 25.9. The predicted molar refractivity (Wildman–Crippen MR) is 418 cm³/mol. The van der Waals surface area contributed by atoms with Crippen LogP contribution in [0.3, 0.4) is 0 Å². The first kappa shape index (κ1) is 97.2. The molecule has 584 valence electrons. The van der Waals surface area contributed by atoms with Gasteiger partial charge in [0.05, 0.1) is 26.4 Å². The zero-order chi connectivity index (χ0) is 74.6. The molecule has 0 fully saturated rings. The molecule has 19 heteroatoms. The third-order valence-electron chi connectivity index (χ3n) is 16.1. The van der Waals surface area contributed by atoms with E-state index in [0.717, 1.165) is 161 Å². The summed E-state index contributed by atoms with van der Waals surface area (Å²) in [6.07, 6.45) is 83.0. The van der Waals surface area contributed by atoms with Gasteiger partial charge in [-0.1, -0.05) is 264 Å². The molecule has 3 N–H and O–H groups in total. The summed E-state index contributed by atoms with van der Waals surface area (Å²) in [6, 6.07) is 0. The van der Waals surface area contributed by atoms with Gasteiger partial charge in [-0.05, 0) is 154 Å².